The Hall–Kier alpha value is -3.12. The molecule has 0 saturated heterocycles. The summed E-state index contributed by atoms with van der Waals surface area (Å²) in [5, 5.41) is 10.2. The zero-order valence-corrected chi connectivity index (χ0v) is 16.3. The van der Waals surface area contributed by atoms with Crippen molar-refractivity contribution in [1.29, 1.82) is 0 Å². The van der Waals surface area contributed by atoms with Crippen molar-refractivity contribution in [3.05, 3.63) is 66.2 Å². The monoisotopic (exact) mass is 379 g/mol. The number of anilines is 1. The molecule has 6 heteroatoms. The van der Waals surface area contributed by atoms with E-state index in [0.717, 1.165) is 17.0 Å². The van der Waals surface area contributed by atoms with Gasteiger partial charge in [0.25, 0.3) is 0 Å². The van der Waals surface area contributed by atoms with Crippen molar-refractivity contribution in [2.75, 3.05) is 19.5 Å². The van der Waals surface area contributed by atoms with Gasteiger partial charge in [-0.05, 0) is 53.7 Å². The number of fused-ring (bicyclic) bond motifs is 1. The quantitative estimate of drug-likeness (QED) is 0.386. The maximum absolute atomic E-state index is 5.32. The molecule has 0 aliphatic carbocycles. The average Bonchev–Trinajstić information content (AvgIpc) is 2.71. The van der Waals surface area contributed by atoms with Gasteiger partial charge < -0.3 is 14.8 Å². The second kappa shape index (κ2) is 8.51. The summed E-state index contributed by atoms with van der Waals surface area (Å²) in [6, 6.07) is 20.0. The molecule has 0 heterocycles. The Morgan fingerprint density at radius 2 is 1.63 bits per heavy atom. The van der Waals surface area contributed by atoms with Crippen molar-refractivity contribution < 1.29 is 9.47 Å². The van der Waals surface area contributed by atoms with Gasteiger partial charge in [0.15, 0.2) is 16.6 Å². The van der Waals surface area contributed by atoms with E-state index in [9.17, 15) is 0 Å². The van der Waals surface area contributed by atoms with Gasteiger partial charge in [0.05, 0.1) is 19.9 Å². The molecule has 5 nitrogen and oxygen atoms in total. The summed E-state index contributed by atoms with van der Waals surface area (Å²) in [6.07, 6.45) is 0. The van der Waals surface area contributed by atoms with Gasteiger partial charge in [0.1, 0.15) is 0 Å². The lowest BCUT2D eigenvalue weighted by Crippen LogP contribution is -2.25. The Bertz CT molecular complexity index is 1000. The fraction of sp³-hybridized carbons (Fsp3) is 0.143. The van der Waals surface area contributed by atoms with Crippen LogP contribution in [0.15, 0.2) is 65.8 Å². The smallest absolute Gasteiger partial charge is 0.191 e. The van der Waals surface area contributed by atoms with Crippen LogP contribution >= 0.6 is 12.2 Å². The van der Waals surface area contributed by atoms with E-state index < -0.39 is 0 Å². The summed E-state index contributed by atoms with van der Waals surface area (Å²) < 4.78 is 10.5. The van der Waals surface area contributed by atoms with E-state index in [0.29, 0.717) is 16.6 Å². The average molecular weight is 379 g/mol. The van der Waals surface area contributed by atoms with Gasteiger partial charge in [0.2, 0.25) is 0 Å². The highest BCUT2D eigenvalue weighted by Gasteiger charge is 2.06. The first-order valence-corrected chi connectivity index (χ1v) is 8.84. The molecular weight excluding hydrogens is 358 g/mol. The van der Waals surface area contributed by atoms with Crippen LogP contribution in [0.25, 0.3) is 10.8 Å². The highest BCUT2D eigenvalue weighted by molar-refractivity contribution is 7.80. The highest BCUT2D eigenvalue weighted by Crippen LogP contribution is 2.29. The van der Waals surface area contributed by atoms with Crippen molar-refractivity contribution in [3.8, 4) is 11.5 Å². The maximum Gasteiger partial charge on any atom is 0.191 e. The van der Waals surface area contributed by atoms with Gasteiger partial charge >= 0.3 is 0 Å². The molecule has 0 aromatic heterocycles. The molecule has 0 spiro atoms. The lowest BCUT2D eigenvalue weighted by atomic mass is 10.0. The molecule has 27 heavy (non-hydrogen) atoms. The third kappa shape index (κ3) is 4.54. The van der Waals surface area contributed by atoms with Crippen molar-refractivity contribution in [3.63, 3.8) is 0 Å². The second-order valence-electron chi connectivity index (χ2n) is 5.89. The van der Waals surface area contributed by atoms with Gasteiger partial charge in [0, 0.05) is 11.8 Å². The third-order valence-electron chi connectivity index (χ3n) is 4.13. The predicted molar refractivity (Wildman–Crippen MR) is 115 cm³/mol. The van der Waals surface area contributed by atoms with Crippen LogP contribution in [0.1, 0.15) is 12.5 Å². The molecule has 0 fully saturated rings. The number of benzene rings is 3. The van der Waals surface area contributed by atoms with Crippen LogP contribution in [0.2, 0.25) is 0 Å². The first-order valence-electron chi connectivity index (χ1n) is 8.43. The normalized spacial score (nSPS) is 11.1. The second-order valence-corrected chi connectivity index (χ2v) is 6.30. The standard InChI is InChI=1S/C21H21N3O2S/c1-14(16-9-8-15-6-4-5-7-17(15)12-16)23-24-21(27)22-18-10-11-19(25-2)20(13-18)26-3/h4-13H,1-3H3,(H2,22,24,27)/b23-14-. The number of rotatable bonds is 5. The Kier molecular flexibility index (Phi) is 5.88. The van der Waals surface area contributed by atoms with E-state index in [4.69, 9.17) is 21.7 Å². The minimum atomic E-state index is 0.391. The summed E-state index contributed by atoms with van der Waals surface area (Å²) in [4.78, 5) is 0. The van der Waals surface area contributed by atoms with E-state index in [-0.39, 0.29) is 0 Å². The Labute approximate surface area is 164 Å². The SMILES string of the molecule is COc1ccc(NC(=S)N/N=C(/C)c2ccc3ccccc3c2)cc1OC. The molecule has 0 unspecified atom stereocenters. The molecule has 0 amide bonds. The minimum Gasteiger partial charge on any atom is -0.493 e. The Morgan fingerprint density at radius 1 is 0.889 bits per heavy atom. The number of methoxy groups -OCH3 is 2. The fourth-order valence-corrected chi connectivity index (χ4v) is 2.85. The van der Waals surface area contributed by atoms with Crippen molar-refractivity contribution >= 4 is 39.5 Å². The number of thiocarbonyl (C=S) groups is 1. The molecule has 0 aliphatic heterocycles. The molecule has 0 atom stereocenters. The van der Waals surface area contributed by atoms with E-state index in [1.165, 1.54) is 10.8 Å². The molecule has 0 bridgehead atoms. The Morgan fingerprint density at radius 3 is 2.37 bits per heavy atom. The third-order valence-corrected chi connectivity index (χ3v) is 4.33. The summed E-state index contributed by atoms with van der Waals surface area (Å²) in [5.74, 6) is 1.29. The van der Waals surface area contributed by atoms with Crippen LogP contribution < -0.4 is 20.2 Å². The molecule has 138 valence electrons. The summed E-state index contributed by atoms with van der Waals surface area (Å²) in [7, 11) is 3.19. The van der Waals surface area contributed by atoms with Crippen molar-refractivity contribution in [2.45, 2.75) is 6.92 Å². The van der Waals surface area contributed by atoms with Crippen LogP contribution in [0.5, 0.6) is 11.5 Å². The Balaban J connectivity index is 1.68. The fourth-order valence-electron chi connectivity index (χ4n) is 2.69. The molecule has 0 radical (unpaired) electrons. The number of nitrogens with zero attached hydrogens (tertiary/aromatic N) is 1. The van der Waals surface area contributed by atoms with Crippen LogP contribution in [0.4, 0.5) is 5.69 Å². The molecular formula is C21H21N3O2S. The minimum absolute atomic E-state index is 0.391. The van der Waals surface area contributed by atoms with E-state index >= 15 is 0 Å². The number of hydrogen-bond donors (Lipinski definition) is 2. The van der Waals surface area contributed by atoms with Gasteiger partial charge in [-0.15, -0.1) is 0 Å². The topological polar surface area (TPSA) is 54.9 Å². The van der Waals surface area contributed by atoms with Crippen molar-refractivity contribution in [2.24, 2.45) is 5.10 Å². The van der Waals surface area contributed by atoms with Crippen LogP contribution in [0.3, 0.4) is 0 Å². The molecule has 0 aliphatic rings. The van der Waals surface area contributed by atoms with Crippen LogP contribution in [0, 0.1) is 0 Å². The van der Waals surface area contributed by atoms with Crippen molar-refractivity contribution in [1.82, 2.24) is 5.43 Å². The molecule has 3 rings (SSSR count). The zero-order valence-electron chi connectivity index (χ0n) is 15.4. The molecule has 3 aromatic carbocycles. The summed E-state index contributed by atoms with van der Waals surface area (Å²) >= 11 is 5.32. The van der Waals surface area contributed by atoms with Gasteiger partial charge in [-0.3, -0.25) is 5.43 Å². The van der Waals surface area contributed by atoms with E-state index in [2.05, 4.69) is 40.1 Å². The van der Waals surface area contributed by atoms with Gasteiger partial charge in [-0.1, -0.05) is 36.4 Å². The molecule has 3 aromatic rings. The first-order chi connectivity index (χ1) is 13.1. The molecule has 0 saturated carbocycles. The van der Waals surface area contributed by atoms with Crippen LogP contribution in [-0.2, 0) is 0 Å². The predicted octanol–water partition coefficient (Wildman–Crippen LogP) is 4.57. The van der Waals surface area contributed by atoms with E-state index in [1.54, 1.807) is 14.2 Å². The van der Waals surface area contributed by atoms with Gasteiger partial charge in [-0.2, -0.15) is 5.10 Å². The number of hydrazone groups is 1. The number of hydrogen-bond acceptors (Lipinski definition) is 4. The lowest BCUT2D eigenvalue weighted by molar-refractivity contribution is 0.355. The zero-order chi connectivity index (χ0) is 19.2. The number of ether oxygens (including phenoxy) is 2. The summed E-state index contributed by atoms with van der Waals surface area (Å²) in [6.45, 7) is 1.94. The van der Waals surface area contributed by atoms with Gasteiger partial charge in [-0.25, -0.2) is 0 Å². The molecule has 2 N–H and O–H groups in total. The maximum atomic E-state index is 5.32. The summed E-state index contributed by atoms with van der Waals surface area (Å²) in [5.41, 5.74) is 5.54. The highest BCUT2D eigenvalue weighted by atomic mass is 32.1. The first kappa shape index (κ1) is 18.7. The number of nitrogens with one attached hydrogen (secondary N) is 2. The van der Waals surface area contributed by atoms with Crippen LogP contribution in [-0.4, -0.2) is 25.0 Å². The lowest BCUT2D eigenvalue weighted by Gasteiger charge is -2.12. The van der Waals surface area contributed by atoms with E-state index in [1.807, 2.05) is 43.3 Å². The largest absolute Gasteiger partial charge is 0.493 e.